The summed E-state index contributed by atoms with van der Waals surface area (Å²) in [5.41, 5.74) is 2.19. The van der Waals surface area contributed by atoms with Crippen LogP contribution in [0.25, 0.3) is 0 Å². The van der Waals surface area contributed by atoms with Crippen molar-refractivity contribution < 1.29 is 14.3 Å². The van der Waals surface area contributed by atoms with Crippen LogP contribution in [0.15, 0.2) is 29.2 Å². The Kier molecular flexibility index (Phi) is 5.81. The summed E-state index contributed by atoms with van der Waals surface area (Å²) in [5, 5.41) is 3.55. The van der Waals surface area contributed by atoms with E-state index in [9.17, 15) is 9.59 Å². The van der Waals surface area contributed by atoms with Crippen molar-refractivity contribution in [3.8, 4) is 0 Å². The number of thiophene rings is 1. The van der Waals surface area contributed by atoms with Gasteiger partial charge in [0.1, 0.15) is 5.00 Å². The topological polar surface area (TPSA) is 55.4 Å². The van der Waals surface area contributed by atoms with Gasteiger partial charge in [0.25, 0.3) is 5.91 Å². The maximum atomic E-state index is 12.7. The zero-order valence-corrected chi connectivity index (χ0v) is 16.0. The van der Waals surface area contributed by atoms with Gasteiger partial charge in [0.05, 0.1) is 12.7 Å². The van der Waals surface area contributed by atoms with Gasteiger partial charge in [0.2, 0.25) is 0 Å². The minimum atomic E-state index is -0.368. The summed E-state index contributed by atoms with van der Waals surface area (Å²) in [6, 6.07) is 7.47. The number of rotatable bonds is 4. The minimum Gasteiger partial charge on any atom is -0.465 e. The lowest BCUT2D eigenvalue weighted by Gasteiger charge is -2.08. The Labute approximate surface area is 156 Å². The summed E-state index contributed by atoms with van der Waals surface area (Å²) >= 11 is 3.11. The minimum absolute atomic E-state index is 0.197. The number of anilines is 1. The van der Waals surface area contributed by atoms with Gasteiger partial charge >= 0.3 is 5.97 Å². The number of carbonyl (C=O) groups is 2. The first-order valence-electron chi connectivity index (χ1n) is 8.32. The molecule has 0 bridgehead atoms. The van der Waals surface area contributed by atoms with E-state index < -0.39 is 0 Å². The molecule has 1 N–H and O–H groups in total. The number of aryl methyl sites for hydroxylation is 1. The molecule has 0 atom stereocenters. The van der Waals surface area contributed by atoms with Gasteiger partial charge in [-0.3, -0.25) is 4.79 Å². The van der Waals surface area contributed by atoms with Crippen LogP contribution in [-0.2, 0) is 17.6 Å². The van der Waals surface area contributed by atoms with Crippen molar-refractivity contribution in [2.75, 3.05) is 18.7 Å². The molecule has 1 heterocycles. The largest absolute Gasteiger partial charge is 0.465 e. The molecule has 0 fully saturated rings. The number of hydrogen-bond acceptors (Lipinski definition) is 5. The Bertz CT molecular complexity index is 798. The van der Waals surface area contributed by atoms with E-state index in [2.05, 4.69) is 5.32 Å². The number of hydrogen-bond donors (Lipinski definition) is 1. The molecule has 0 spiro atoms. The third-order valence-electron chi connectivity index (χ3n) is 4.37. The first-order valence-corrected chi connectivity index (χ1v) is 10.4. The van der Waals surface area contributed by atoms with Gasteiger partial charge in [-0.25, -0.2) is 4.79 Å². The number of esters is 1. The smallest absolute Gasteiger partial charge is 0.341 e. The van der Waals surface area contributed by atoms with Crippen LogP contribution >= 0.6 is 23.1 Å². The van der Waals surface area contributed by atoms with Gasteiger partial charge < -0.3 is 10.1 Å². The molecule has 1 aliphatic carbocycles. The van der Waals surface area contributed by atoms with Crippen LogP contribution in [0.1, 0.15) is 50.4 Å². The molecule has 6 heteroatoms. The second kappa shape index (κ2) is 8.06. The number of methoxy groups -OCH3 is 1. The van der Waals surface area contributed by atoms with Crippen molar-refractivity contribution in [3.05, 3.63) is 45.8 Å². The Hall–Kier alpha value is -1.79. The van der Waals surface area contributed by atoms with Crippen LogP contribution in [0.2, 0.25) is 0 Å². The highest BCUT2D eigenvalue weighted by molar-refractivity contribution is 7.98. The third kappa shape index (κ3) is 3.90. The molecule has 132 valence electrons. The van der Waals surface area contributed by atoms with E-state index in [1.54, 1.807) is 17.8 Å². The molecule has 2 aromatic rings. The van der Waals surface area contributed by atoms with Crippen LogP contribution in [0.3, 0.4) is 0 Å². The standard InChI is InChI=1S/C19H21NO3S2/c1-23-19(22)16-14-9-4-3-5-10-15(14)25-18(16)20-17(21)12-7-6-8-13(11-12)24-2/h6-8,11H,3-5,9-10H2,1-2H3,(H,20,21). The Balaban J connectivity index is 1.93. The summed E-state index contributed by atoms with van der Waals surface area (Å²) in [4.78, 5) is 27.2. The summed E-state index contributed by atoms with van der Waals surface area (Å²) < 4.78 is 4.98. The number of ether oxygens (including phenoxy) is 1. The highest BCUT2D eigenvalue weighted by Gasteiger charge is 2.26. The van der Waals surface area contributed by atoms with Crippen molar-refractivity contribution in [2.24, 2.45) is 0 Å². The lowest BCUT2D eigenvalue weighted by Crippen LogP contribution is -2.14. The molecule has 1 amide bonds. The summed E-state index contributed by atoms with van der Waals surface area (Å²) in [7, 11) is 1.39. The zero-order valence-electron chi connectivity index (χ0n) is 14.4. The number of nitrogens with one attached hydrogen (secondary N) is 1. The molecular weight excluding hydrogens is 354 g/mol. The van der Waals surface area contributed by atoms with E-state index in [1.807, 2.05) is 24.5 Å². The van der Waals surface area contributed by atoms with Crippen molar-refractivity contribution in [1.82, 2.24) is 0 Å². The first kappa shape index (κ1) is 18.0. The lowest BCUT2D eigenvalue weighted by molar-refractivity contribution is 0.0601. The van der Waals surface area contributed by atoms with Crippen LogP contribution < -0.4 is 5.32 Å². The van der Waals surface area contributed by atoms with E-state index in [4.69, 9.17) is 4.74 Å². The predicted molar refractivity (Wildman–Crippen MR) is 103 cm³/mol. The normalized spacial score (nSPS) is 13.7. The molecule has 25 heavy (non-hydrogen) atoms. The highest BCUT2D eigenvalue weighted by Crippen LogP contribution is 2.38. The fourth-order valence-corrected chi connectivity index (χ4v) is 4.82. The average molecular weight is 376 g/mol. The summed E-state index contributed by atoms with van der Waals surface area (Å²) in [5.74, 6) is -0.565. The average Bonchev–Trinajstić information content (AvgIpc) is 2.81. The quantitative estimate of drug-likeness (QED) is 0.475. The van der Waals surface area contributed by atoms with Crippen molar-refractivity contribution in [1.29, 1.82) is 0 Å². The number of amides is 1. The van der Waals surface area contributed by atoms with E-state index >= 15 is 0 Å². The molecular formula is C19H21NO3S2. The number of thioether (sulfide) groups is 1. The van der Waals surface area contributed by atoms with Crippen LogP contribution in [-0.4, -0.2) is 25.2 Å². The van der Waals surface area contributed by atoms with E-state index in [0.717, 1.165) is 36.1 Å². The molecule has 1 aliphatic rings. The second-order valence-corrected chi connectivity index (χ2v) is 7.93. The molecule has 3 rings (SSSR count). The van der Waals surface area contributed by atoms with E-state index in [0.29, 0.717) is 16.1 Å². The summed E-state index contributed by atoms with van der Waals surface area (Å²) in [6.45, 7) is 0. The van der Waals surface area contributed by atoms with Crippen molar-refractivity contribution >= 4 is 40.0 Å². The second-order valence-electron chi connectivity index (χ2n) is 5.95. The van der Waals surface area contributed by atoms with Gasteiger partial charge in [-0.05, 0) is 55.7 Å². The molecule has 1 aromatic carbocycles. The lowest BCUT2D eigenvalue weighted by atomic mass is 10.1. The number of fused-ring (bicyclic) bond motifs is 1. The van der Waals surface area contributed by atoms with Gasteiger partial charge in [0.15, 0.2) is 0 Å². The molecule has 0 unspecified atom stereocenters. The highest BCUT2D eigenvalue weighted by atomic mass is 32.2. The fraction of sp³-hybridized carbons (Fsp3) is 0.368. The molecule has 0 saturated heterocycles. The SMILES string of the molecule is COC(=O)c1c(NC(=O)c2cccc(SC)c2)sc2c1CCCCC2. The van der Waals surface area contributed by atoms with Crippen molar-refractivity contribution in [3.63, 3.8) is 0 Å². The molecule has 0 aliphatic heterocycles. The Morgan fingerprint density at radius 2 is 2.00 bits per heavy atom. The third-order valence-corrected chi connectivity index (χ3v) is 6.30. The van der Waals surface area contributed by atoms with Crippen LogP contribution in [0.5, 0.6) is 0 Å². The molecule has 4 nitrogen and oxygen atoms in total. The molecule has 0 saturated carbocycles. The first-order chi connectivity index (χ1) is 12.1. The van der Waals surface area contributed by atoms with Gasteiger partial charge in [-0.2, -0.15) is 0 Å². The van der Waals surface area contributed by atoms with Crippen LogP contribution in [0.4, 0.5) is 5.00 Å². The molecule has 1 aromatic heterocycles. The maximum absolute atomic E-state index is 12.7. The number of carbonyl (C=O) groups excluding carboxylic acids is 2. The molecule has 0 radical (unpaired) electrons. The monoisotopic (exact) mass is 375 g/mol. The van der Waals surface area contributed by atoms with E-state index in [1.165, 1.54) is 29.7 Å². The van der Waals surface area contributed by atoms with E-state index in [-0.39, 0.29) is 11.9 Å². The Morgan fingerprint density at radius 3 is 2.76 bits per heavy atom. The fourth-order valence-electron chi connectivity index (χ4n) is 3.09. The van der Waals surface area contributed by atoms with Gasteiger partial charge in [0, 0.05) is 15.3 Å². The number of benzene rings is 1. The van der Waals surface area contributed by atoms with Crippen LogP contribution in [0, 0.1) is 0 Å². The maximum Gasteiger partial charge on any atom is 0.341 e. The summed E-state index contributed by atoms with van der Waals surface area (Å²) in [6.07, 6.45) is 7.16. The Morgan fingerprint density at radius 1 is 1.20 bits per heavy atom. The van der Waals surface area contributed by atoms with Crippen molar-refractivity contribution in [2.45, 2.75) is 37.0 Å². The zero-order chi connectivity index (χ0) is 17.8. The van der Waals surface area contributed by atoms with Gasteiger partial charge in [-0.1, -0.05) is 12.5 Å². The van der Waals surface area contributed by atoms with Gasteiger partial charge in [-0.15, -0.1) is 23.1 Å². The predicted octanol–water partition coefficient (Wildman–Crippen LogP) is 4.78.